The van der Waals surface area contributed by atoms with Crippen LogP contribution in [-0.2, 0) is 15.1 Å². The van der Waals surface area contributed by atoms with Gasteiger partial charge in [-0.1, -0.05) is 50.7 Å². The molecular weight excluding hydrogens is 360 g/mol. The first-order valence-corrected chi connectivity index (χ1v) is 10.6. The van der Waals surface area contributed by atoms with Gasteiger partial charge < -0.3 is 19.3 Å². The third-order valence-electron chi connectivity index (χ3n) is 6.75. The highest BCUT2D eigenvalue weighted by Gasteiger charge is 2.54. The van der Waals surface area contributed by atoms with E-state index in [1.54, 1.807) is 7.11 Å². The number of para-hydroxylation sites is 1. The van der Waals surface area contributed by atoms with Gasteiger partial charge in [-0.05, 0) is 43.6 Å². The maximum absolute atomic E-state index is 11.3. The number of carbonyl (C=O) groups is 1. The molecule has 4 rings (SSSR count). The normalized spacial score (nSPS) is 25.4. The summed E-state index contributed by atoms with van der Waals surface area (Å²) >= 11 is 0. The lowest BCUT2D eigenvalue weighted by Gasteiger charge is -2.52. The molecule has 0 spiro atoms. The predicted molar refractivity (Wildman–Crippen MR) is 102 cm³/mol. The second-order valence-electron chi connectivity index (χ2n) is 8.21. The fourth-order valence-electron chi connectivity index (χ4n) is 5.61. The molecule has 0 aromatic heterocycles. The Morgan fingerprint density at radius 3 is 2.18 bits per heavy atom. The van der Waals surface area contributed by atoms with Gasteiger partial charge in [-0.2, -0.15) is 0 Å². The van der Waals surface area contributed by atoms with Crippen molar-refractivity contribution < 1.29 is 28.8 Å². The van der Waals surface area contributed by atoms with Gasteiger partial charge in [0.1, 0.15) is 5.60 Å². The van der Waals surface area contributed by atoms with Crippen molar-refractivity contribution in [3.05, 3.63) is 23.8 Å². The van der Waals surface area contributed by atoms with Crippen LogP contribution in [0.25, 0.3) is 0 Å². The average Bonchev–Trinajstić information content (AvgIpc) is 2.73. The highest BCUT2D eigenvalue weighted by Crippen LogP contribution is 2.57. The molecule has 0 radical (unpaired) electrons. The van der Waals surface area contributed by atoms with Crippen LogP contribution in [0.4, 0.5) is 4.79 Å². The number of fused-ring (bicyclic) bond motifs is 1. The number of rotatable bonds is 4. The number of methoxy groups -OCH3 is 1. The molecular formula is C22H30O6. The molecule has 1 heterocycles. The molecule has 0 bridgehead atoms. The zero-order chi connectivity index (χ0) is 19.6. The zero-order valence-corrected chi connectivity index (χ0v) is 16.5. The van der Waals surface area contributed by atoms with Crippen molar-refractivity contribution in [2.24, 2.45) is 11.8 Å². The highest BCUT2D eigenvalue weighted by molar-refractivity contribution is 5.57. The van der Waals surface area contributed by atoms with Crippen LogP contribution < -0.4 is 9.47 Å². The lowest BCUT2D eigenvalue weighted by molar-refractivity contribution is -0.324. The fourth-order valence-corrected chi connectivity index (χ4v) is 5.61. The first-order chi connectivity index (χ1) is 13.6. The monoisotopic (exact) mass is 390 g/mol. The molecule has 1 aromatic rings. The molecule has 0 saturated heterocycles. The quantitative estimate of drug-likeness (QED) is 0.690. The Balaban J connectivity index is 1.85. The minimum absolute atomic E-state index is 0.319. The van der Waals surface area contributed by atoms with Crippen molar-refractivity contribution in [1.29, 1.82) is 0 Å². The lowest BCUT2D eigenvalue weighted by atomic mass is 9.63. The van der Waals surface area contributed by atoms with Crippen LogP contribution >= 0.6 is 0 Å². The number of ether oxygens (including phenoxy) is 4. The van der Waals surface area contributed by atoms with Crippen LogP contribution in [-0.4, -0.2) is 24.8 Å². The summed E-state index contributed by atoms with van der Waals surface area (Å²) < 4.78 is 22.9. The summed E-state index contributed by atoms with van der Waals surface area (Å²) in [6, 6.07) is 5.88. The Kier molecular flexibility index (Phi) is 5.67. The van der Waals surface area contributed by atoms with Gasteiger partial charge in [-0.25, -0.2) is 4.79 Å². The van der Waals surface area contributed by atoms with Crippen LogP contribution in [0.1, 0.15) is 69.8 Å². The molecule has 3 aliphatic rings. The van der Waals surface area contributed by atoms with E-state index in [0.29, 0.717) is 23.3 Å². The SMILES string of the molecule is COc1cccc2c1OC(OC(=O)O)OC2(C1CCCCC1)C1CCCCC1. The average molecular weight is 390 g/mol. The van der Waals surface area contributed by atoms with Crippen LogP contribution in [0.2, 0.25) is 0 Å². The molecule has 2 saturated carbocycles. The van der Waals surface area contributed by atoms with Gasteiger partial charge in [0.25, 0.3) is 0 Å². The van der Waals surface area contributed by atoms with Crippen molar-refractivity contribution >= 4 is 6.16 Å². The summed E-state index contributed by atoms with van der Waals surface area (Å²) in [6.45, 7) is -1.27. The molecule has 1 unspecified atom stereocenters. The van der Waals surface area contributed by atoms with Crippen LogP contribution in [0.15, 0.2) is 18.2 Å². The maximum Gasteiger partial charge on any atom is 0.510 e. The van der Waals surface area contributed by atoms with Crippen LogP contribution in [0, 0.1) is 11.8 Å². The van der Waals surface area contributed by atoms with Crippen molar-refractivity contribution in [2.45, 2.75) is 76.3 Å². The molecule has 6 nitrogen and oxygen atoms in total. The molecule has 0 amide bonds. The molecule has 2 aliphatic carbocycles. The molecule has 6 heteroatoms. The van der Waals surface area contributed by atoms with E-state index in [4.69, 9.17) is 18.9 Å². The molecule has 154 valence electrons. The van der Waals surface area contributed by atoms with E-state index in [1.807, 2.05) is 12.1 Å². The van der Waals surface area contributed by atoms with E-state index < -0.39 is 18.2 Å². The van der Waals surface area contributed by atoms with E-state index in [1.165, 1.54) is 38.5 Å². The van der Waals surface area contributed by atoms with Crippen LogP contribution in [0.3, 0.4) is 0 Å². The number of hydrogen-bond donors (Lipinski definition) is 1. The first-order valence-electron chi connectivity index (χ1n) is 10.6. The largest absolute Gasteiger partial charge is 0.510 e. The van der Waals surface area contributed by atoms with Gasteiger partial charge >= 0.3 is 12.6 Å². The zero-order valence-electron chi connectivity index (χ0n) is 16.5. The van der Waals surface area contributed by atoms with E-state index in [0.717, 1.165) is 31.2 Å². The summed E-state index contributed by atoms with van der Waals surface area (Å²) in [4.78, 5) is 11.3. The molecule has 1 aliphatic heterocycles. The van der Waals surface area contributed by atoms with Crippen molar-refractivity contribution in [1.82, 2.24) is 0 Å². The summed E-state index contributed by atoms with van der Waals surface area (Å²) in [6.07, 6.45) is 10.1. The lowest BCUT2D eigenvalue weighted by Crippen LogP contribution is -2.53. The third kappa shape index (κ3) is 3.43. The predicted octanol–water partition coefficient (Wildman–Crippen LogP) is 5.44. The number of hydrogen-bond acceptors (Lipinski definition) is 5. The second kappa shape index (κ2) is 8.19. The fraction of sp³-hybridized carbons (Fsp3) is 0.682. The number of carboxylic acid groups (broad SMARTS) is 1. The second-order valence-corrected chi connectivity index (χ2v) is 8.21. The third-order valence-corrected chi connectivity index (χ3v) is 6.75. The minimum atomic E-state index is -1.40. The Bertz CT molecular complexity index is 672. The Morgan fingerprint density at radius 1 is 1.04 bits per heavy atom. The standard InChI is InChI=1S/C22H30O6/c1-25-18-14-8-13-17-19(18)26-21(27-20(23)24)28-22(17,15-9-4-2-5-10-15)16-11-6-3-7-12-16/h8,13-16,21H,2-7,9-12H2,1H3,(H,23,24). The van der Waals surface area contributed by atoms with E-state index in [9.17, 15) is 9.90 Å². The van der Waals surface area contributed by atoms with E-state index >= 15 is 0 Å². The van der Waals surface area contributed by atoms with Gasteiger partial charge in [-0.15, -0.1) is 0 Å². The Labute approximate surface area is 166 Å². The van der Waals surface area contributed by atoms with E-state index in [-0.39, 0.29) is 0 Å². The maximum atomic E-state index is 11.3. The van der Waals surface area contributed by atoms with Gasteiger partial charge in [0.05, 0.1) is 7.11 Å². The minimum Gasteiger partial charge on any atom is -0.493 e. The van der Waals surface area contributed by atoms with E-state index in [2.05, 4.69) is 6.07 Å². The topological polar surface area (TPSA) is 74.2 Å². The van der Waals surface area contributed by atoms with Gasteiger partial charge in [-0.3, -0.25) is 4.74 Å². The Hall–Kier alpha value is -1.95. The van der Waals surface area contributed by atoms with Crippen molar-refractivity contribution in [3.8, 4) is 11.5 Å². The molecule has 1 N–H and O–H groups in total. The van der Waals surface area contributed by atoms with Crippen LogP contribution in [0.5, 0.6) is 11.5 Å². The molecule has 1 atom stereocenters. The van der Waals surface area contributed by atoms with Crippen molar-refractivity contribution in [3.63, 3.8) is 0 Å². The smallest absolute Gasteiger partial charge is 0.493 e. The van der Waals surface area contributed by atoms with Gasteiger partial charge in [0.2, 0.25) is 0 Å². The van der Waals surface area contributed by atoms with Gasteiger partial charge in [0.15, 0.2) is 11.5 Å². The highest BCUT2D eigenvalue weighted by atomic mass is 16.9. The molecule has 28 heavy (non-hydrogen) atoms. The number of benzene rings is 1. The summed E-state index contributed by atoms with van der Waals surface area (Å²) in [7, 11) is 1.60. The van der Waals surface area contributed by atoms with Gasteiger partial charge in [0, 0.05) is 5.56 Å². The first kappa shape index (κ1) is 19.4. The van der Waals surface area contributed by atoms with Crippen molar-refractivity contribution in [2.75, 3.05) is 7.11 Å². The molecule has 1 aromatic carbocycles. The molecule has 2 fully saturated rings. The summed E-state index contributed by atoms with van der Waals surface area (Å²) in [5.74, 6) is 1.80. The Morgan fingerprint density at radius 2 is 1.64 bits per heavy atom. The summed E-state index contributed by atoms with van der Waals surface area (Å²) in [5.41, 5.74) is 0.402. The summed E-state index contributed by atoms with van der Waals surface area (Å²) in [5, 5.41) is 9.22.